The molecule has 0 aliphatic rings. The fourth-order valence-corrected chi connectivity index (χ4v) is 4.10. The van der Waals surface area contributed by atoms with Crippen molar-refractivity contribution in [1.29, 1.82) is 0 Å². The van der Waals surface area contributed by atoms with E-state index < -0.39 is 11.1 Å². The molecule has 178 valence electrons. The summed E-state index contributed by atoms with van der Waals surface area (Å²) in [5, 5.41) is 11.3. The summed E-state index contributed by atoms with van der Waals surface area (Å²) in [7, 11) is 0. The third-order valence-corrected chi connectivity index (χ3v) is 5.96. The molecule has 1 unspecified atom stereocenters. The van der Waals surface area contributed by atoms with E-state index in [9.17, 15) is 14.0 Å². The van der Waals surface area contributed by atoms with E-state index in [1.165, 1.54) is 17.8 Å². The smallest absolute Gasteiger partial charge is 0.224 e. The van der Waals surface area contributed by atoms with Gasteiger partial charge >= 0.3 is 0 Å². The van der Waals surface area contributed by atoms with Crippen molar-refractivity contribution >= 4 is 29.1 Å². The van der Waals surface area contributed by atoms with Crippen LogP contribution in [-0.4, -0.2) is 31.7 Å². The molecule has 0 saturated carbocycles. The van der Waals surface area contributed by atoms with Crippen LogP contribution in [0.25, 0.3) is 0 Å². The zero-order chi connectivity index (χ0) is 24.5. The van der Waals surface area contributed by atoms with Gasteiger partial charge in [0.2, 0.25) is 5.91 Å². The van der Waals surface area contributed by atoms with Gasteiger partial charge in [0, 0.05) is 24.2 Å². The molecular formula is C25H27FN4O3S. The van der Waals surface area contributed by atoms with Crippen molar-refractivity contribution in [1.82, 2.24) is 14.8 Å². The van der Waals surface area contributed by atoms with Crippen LogP contribution in [0.3, 0.4) is 0 Å². The molecule has 0 radical (unpaired) electrons. The van der Waals surface area contributed by atoms with E-state index in [0.29, 0.717) is 35.2 Å². The second-order valence-electron chi connectivity index (χ2n) is 7.52. The lowest BCUT2D eigenvalue weighted by Gasteiger charge is -2.13. The summed E-state index contributed by atoms with van der Waals surface area (Å²) in [6, 6.07) is 13.0. The Bertz CT molecular complexity index is 1150. The molecular weight excluding hydrogens is 455 g/mol. The van der Waals surface area contributed by atoms with Crippen molar-refractivity contribution in [3.05, 3.63) is 78.4 Å². The number of halogens is 1. The van der Waals surface area contributed by atoms with Gasteiger partial charge in [-0.25, -0.2) is 4.39 Å². The van der Waals surface area contributed by atoms with Gasteiger partial charge in [-0.3, -0.25) is 14.2 Å². The minimum atomic E-state index is -0.456. The Balaban J connectivity index is 1.67. The molecule has 3 rings (SSSR count). The van der Waals surface area contributed by atoms with Gasteiger partial charge in [-0.2, -0.15) is 0 Å². The van der Waals surface area contributed by atoms with E-state index in [1.807, 2.05) is 6.92 Å². The number of ketones is 1. The molecule has 0 aliphatic heterocycles. The van der Waals surface area contributed by atoms with Crippen molar-refractivity contribution in [2.75, 3.05) is 5.32 Å². The molecule has 9 heteroatoms. The fourth-order valence-electron chi connectivity index (χ4n) is 3.14. The average molecular weight is 483 g/mol. The number of ether oxygens (including phenoxy) is 1. The summed E-state index contributed by atoms with van der Waals surface area (Å²) in [4.78, 5) is 24.7. The van der Waals surface area contributed by atoms with Crippen LogP contribution in [0.4, 0.5) is 10.1 Å². The highest BCUT2D eigenvalue weighted by Gasteiger charge is 2.21. The molecule has 1 N–H and O–H groups in total. The van der Waals surface area contributed by atoms with Crippen molar-refractivity contribution in [3.63, 3.8) is 0 Å². The molecule has 0 bridgehead atoms. The Morgan fingerprint density at radius 2 is 1.94 bits per heavy atom. The monoisotopic (exact) mass is 482 g/mol. The number of anilines is 1. The molecule has 1 atom stereocenters. The largest absolute Gasteiger partial charge is 0.483 e. The van der Waals surface area contributed by atoms with Crippen LogP contribution in [0.15, 0.2) is 66.3 Å². The van der Waals surface area contributed by atoms with Gasteiger partial charge < -0.3 is 10.1 Å². The van der Waals surface area contributed by atoms with Gasteiger partial charge in [-0.1, -0.05) is 36.9 Å². The number of thioether (sulfide) groups is 1. The number of carbonyl (C=O) groups excluding carboxylic acids is 2. The predicted molar refractivity (Wildman–Crippen MR) is 131 cm³/mol. The molecule has 1 amide bonds. The van der Waals surface area contributed by atoms with E-state index >= 15 is 0 Å². The number of amides is 1. The number of hydrogen-bond acceptors (Lipinski definition) is 6. The number of Topliss-reactive ketones (excluding diaryl/α,β-unsaturated/α-hetero) is 1. The summed E-state index contributed by atoms with van der Waals surface area (Å²) in [6.45, 7) is 7.95. The number of nitrogens with one attached hydrogen (secondary N) is 1. The summed E-state index contributed by atoms with van der Waals surface area (Å²) < 4.78 is 21.2. The highest BCUT2D eigenvalue weighted by Crippen LogP contribution is 2.26. The van der Waals surface area contributed by atoms with Crippen LogP contribution in [0.5, 0.6) is 5.75 Å². The Labute approximate surface area is 202 Å². The number of carbonyl (C=O) groups is 2. The van der Waals surface area contributed by atoms with Crippen molar-refractivity contribution in [2.45, 2.75) is 50.2 Å². The quantitative estimate of drug-likeness (QED) is 0.215. The van der Waals surface area contributed by atoms with E-state index in [-0.39, 0.29) is 24.0 Å². The van der Waals surface area contributed by atoms with Crippen LogP contribution in [0.1, 0.15) is 42.9 Å². The molecule has 0 aliphatic carbocycles. The fraction of sp³-hybridized carbons (Fsp3) is 0.280. The molecule has 0 saturated heterocycles. The van der Waals surface area contributed by atoms with E-state index in [0.717, 1.165) is 6.42 Å². The average Bonchev–Trinajstić information content (AvgIpc) is 3.20. The van der Waals surface area contributed by atoms with Gasteiger partial charge in [0.05, 0.1) is 5.25 Å². The number of para-hydroxylation sites is 1. The molecule has 1 aromatic heterocycles. The minimum Gasteiger partial charge on any atom is -0.483 e. The maximum Gasteiger partial charge on any atom is 0.224 e. The second kappa shape index (κ2) is 12.1. The number of benzene rings is 2. The summed E-state index contributed by atoms with van der Waals surface area (Å²) >= 11 is 1.27. The topological polar surface area (TPSA) is 86.1 Å². The SMILES string of the molecule is C=CCn1c(COc2ccccc2F)nnc1SC(C)C(=O)c1ccc(NC(=O)CCC)cc1. The lowest BCUT2D eigenvalue weighted by Crippen LogP contribution is -2.16. The molecule has 0 fully saturated rings. The third-order valence-electron chi connectivity index (χ3n) is 4.88. The van der Waals surface area contributed by atoms with Crippen LogP contribution in [0.2, 0.25) is 0 Å². The van der Waals surface area contributed by atoms with Crippen molar-refractivity contribution in [2.24, 2.45) is 0 Å². The van der Waals surface area contributed by atoms with Crippen LogP contribution < -0.4 is 10.1 Å². The van der Waals surface area contributed by atoms with Crippen LogP contribution in [0, 0.1) is 5.82 Å². The Morgan fingerprint density at radius 3 is 2.62 bits per heavy atom. The molecule has 2 aromatic carbocycles. The van der Waals surface area contributed by atoms with Gasteiger partial charge in [-0.05, 0) is 49.7 Å². The number of aromatic nitrogens is 3. The maximum atomic E-state index is 13.8. The molecule has 0 spiro atoms. The summed E-state index contributed by atoms with van der Waals surface area (Å²) in [5.74, 6) is 0.0397. The van der Waals surface area contributed by atoms with Crippen molar-refractivity contribution < 1.29 is 18.7 Å². The standard InChI is InChI=1S/C25H27FN4O3S/c1-4-8-23(31)27-19-13-11-18(12-14-19)24(32)17(3)34-25-29-28-22(30(25)15-5-2)16-33-21-10-7-6-9-20(21)26/h5-7,9-14,17H,2,4,8,15-16H2,1,3H3,(H,27,31). The molecule has 34 heavy (non-hydrogen) atoms. The van der Waals surface area contributed by atoms with E-state index in [4.69, 9.17) is 4.74 Å². The third kappa shape index (κ3) is 6.54. The maximum absolute atomic E-state index is 13.8. The highest BCUT2D eigenvalue weighted by atomic mass is 32.2. The first-order valence-corrected chi connectivity index (χ1v) is 11.8. The lowest BCUT2D eigenvalue weighted by molar-refractivity contribution is -0.116. The van der Waals surface area contributed by atoms with Crippen molar-refractivity contribution in [3.8, 4) is 5.75 Å². The highest BCUT2D eigenvalue weighted by molar-refractivity contribution is 8.00. The zero-order valence-corrected chi connectivity index (χ0v) is 20.0. The number of nitrogens with zero attached hydrogens (tertiary/aromatic N) is 3. The predicted octanol–water partition coefficient (Wildman–Crippen LogP) is 5.28. The van der Waals surface area contributed by atoms with Crippen LogP contribution in [-0.2, 0) is 17.9 Å². The molecule has 3 aromatic rings. The van der Waals surface area contributed by atoms with Gasteiger partial charge in [-0.15, -0.1) is 16.8 Å². The molecule has 1 heterocycles. The van der Waals surface area contributed by atoms with E-state index in [2.05, 4.69) is 22.1 Å². The normalized spacial score (nSPS) is 11.6. The Hall–Kier alpha value is -3.46. The van der Waals surface area contributed by atoms with Crippen LogP contribution >= 0.6 is 11.8 Å². The second-order valence-corrected chi connectivity index (χ2v) is 8.82. The first-order chi connectivity index (χ1) is 16.4. The number of allylic oxidation sites excluding steroid dienone is 1. The van der Waals surface area contributed by atoms with Gasteiger partial charge in [0.1, 0.15) is 6.61 Å². The summed E-state index contributed by atoms with van der Waals surface area (Å²) in [6.07, 6.45) is 2.91. The molecule has 7 nitrogen and oxygen atoms in total. The number of rotatable bonds is 12. The summed E-state index contributed by atoms with van der Waals surface area (Å²) in [5.41, 5.74) is 1.19. The van der Waals surface area contributed by atoms with Gasteiger partial charge in [0.15, 0.2) is 28.3 Å². The minimum absolute atomic E-state index is 0.0237. The van der Waals surface area contributed by atoms with Gasteiger partial charge in [0.25, 0.3) is 0 Å². The first-order valence-electron chi connectivity index (χ1n) is 10.9. The Morgan fingerprint density at radius 1 is 1.21 bits per heavy atom. The lowest BCUT2D eigenvalue weighted by atomic mass is 10.1. The number of hydrogen-bond donors (Lipinski definition) is 1. The zero-order valence-electron chi connectivity index (χ0n) is 19.2. The Kier molecular flexibility index (Phi) is 8.98. The van der Waals surface area contributed by atoms with E-state index in [1.54, 1.807) is 60.0 Å². The first kappa shape index (κ1) is 25.2.